The molecule has 0 bridgehead atoms. The Morgan fingerprint density at radius 2 is 1.64 bits per heavy atom. The van der Waals surface area contributed by atoms with Gasteiger partial charge in [-0.25, -0.2) is 0 Å². The third kappa shape index (κ3) is 2.16. The predicted octanol–water partition coefficient (Wildman–Crippen LogP) is 2.76. The molecule has 0 heterocycles. The van der Waals surface area contributed by atoms with Crippen molar-refractivity contribution >= 4 is 22.8 Å². The highest BCUT2D eigenvalue weighted by atomic mass is 16.6. The summed E-state index contributed by atoms with van der Waals surface area (Å²) in [5, 5.41) is 20.1. The molecule has 108 valence electrons. The molecule has 0 saturated carbocycles. The molecule has 0 saturated heterocycles. The SMILES string of the molecule is O=C1C=C(c2ccc([N+](=O)[O-])cc2)C(=O)c2ccc(O)cc21. The summed E-state index contributed by atoms with van der Waals surface area (Å²) in [6.45, 7) is 0. The van der Waals surface area contributed by atoms with Gasteiger partial charge in [0.2, 0.25) is 0 Å². The van der Waals surface area contributed by atoms with E-state index in [4.69, 9.17) is 0 Å². The second-order valence-corrected chi connectivity index (χ2v) is 4.79. The van der Waals surface area contributed by atoms with Gasteiger partial charge in [0, 0.05) is 28.8 Å². The highest BCUT2D eigenvalue weighted by Crippen LogP contribution is 2.30. The first-order chi connectivity index (χ1) is 10.5. The van der Waals surface area contributed by atoms with Crippen molar-refractivity contribution < 1.29 is 19.6 Å². The number of rotatable bonds is 2. The number of phenolic OH excluding ortho intramolecular Hbond substituents is 1. The first-order valence-electron chi connectivity index (χ1n) is 6.36. The van der Waals surface area contributed by atoms with E-state index in [2.05, 4.69) is 0 Å². The first kappa shape index (κ1) is 13.7. The number of hydrogen-bond acceptors (Lipinski definition) is 5. The van der Waals surface area contributed by atoms with Crippen LogP contribution in [0.25, 0.3) is 5.57 Å². The number of nitrogens with zero attached hydrogens (tertiary/aromatic N) is 1. The Morgan fingerprint density at radius 1 is 0.955 bits per heavy atom. The second kappa shape index (κ2) is 4.92. The average Bonchev–Trinajstić information content (AvgIpc) is 2.51. The molecule has 0 aromatic heterocycles. The largest absolute Gasteiger partial charge is 0.508 e. The molecule has 1 N–H and O–H groups in total. The minimum Gasteiger partial charge on any atom is -0.508 e. The molecule has 1 aliphatic carbocycles. The second-order valence-electron chi connectivity index (χ2n) is 4.79. The fourth-order valence-corrected chi connectivity index (χ4v) is 2.33. The topological polar surface area (TPSA) is 97.5 Å². The van der Waals surface area contributed by atoms with E-state index in [0.29, 0.717) is 5.56 Å². The number of carbonyl (C=O) groups excluding carboxylic acids is 2. The van der Waals surface area contributed by atoms with Crippen molar-refractivity contribution in [2.75, 3.05) is 0 Å². The van der Waals surface area contributed by atoms with E-state index < -0.39 is 4.92 Å². The highest BCUT2D eigenvalue weighted by molar-refractivity contribution is 6.38. The quantitative estimate of drug-likeness (QED) is 0.678. The van der Waals surface area contributed by atoms with E-state index in [0.717, 1.165) is 0 Å². The summed E-state index contributed by atoms with van der Waals surface area (Å²) < 4.78 is 0. The number of ketones is 2. The number of nitro groups is 1. The molecule has 2 aromatic rings. The Balaban J connectivity index is 2.06. The van der Waals surface area contributed by atoms with Gasteiger partial charge in [-0.05, 0) is 42.0 Å². The van der Waals surface area contributed by atoms with Gasteiger partial charge in [0.1, 0.15) is 5.75 Å². The number of phenols is 1. The molecule has 0 atom stereocenters. The van der Waals surface area contributed by atoms with E-state index in [-0.39, 0.29) is 39.7 Å². The summed E-state index contributed by atoms with van der Waals surface area (Å²) >= 11 is 0. The Hall–Kier alpha value is -3.28. The molecule has 0 spiro atoms. The van der Waals surface area contributed by atoms with Crippen LogP contribution in [0.2, 0.25) is 0 Å². The molecule has 6 nitrogen and oxygen atoms in total. The van der Waals surface area contributed by atoms with Crippen LogP contribution < -0.4 is 0 Å². The van der Waals surface area contributed by atoms with Crippen LogP contribution in [0.1, 0.15) is 26.3 Å². The standard InChI is InChI=1S/C16H9NO5/c18-11-5-6-12-14(7-11)15(19)8-13(16(12)20)9-1-3-10(4-2-9)17(21)22/h1-8,18H. The first-order valence-corrected chi connectivity index (χ1v) is 6.36. The van der Waals surface area contributed by atoms with Gasteiger partial charge in [0.15, 0.2) is 11.6 Å². The van der Waals surface area contributed by atoms with Crippen LogP contribution in [0.15, 0.2) is 48.5 Å². The lowest BCUT2D eigenvalue weighted by atomic mass is 9.86. The third-order valence-corrected chi connectivity index (χ3v) is 3.42. The summed E-state index contributed by atoms with van der Waals surface area (Å²) in [6.07, 6.45) is 1.19. The summed E-state index contributed by atoms with van der Waals surface area (Å²) in [5.74, 6) is -0.839. The van der Waals surface area contributed by atoms with Gasteiger partial charge in [-0.1, -0.05) is 0 Å². The number of fused-ring (bicyclic) bond motifs is 1. The van der Waals surface area contributed by atoms with Crippen LogP contribution in [-0.2, 0) is 0 Å². The maximum Gasteiger partial charge on any atom is 0.269 e. The zero-order valence-electron chi connectivity index (χ0n) is 11.1. The Kier molecular flexibility index (Phi) is 3.06. The van der Waals surface area contributed by atoms with E-state index in [1.54, 1.807) is 0 Å². The van der Waals surface area contributed by atoms with Crippen LogP contribution in [0.4, 0.5) is 5.69 Å². The minimum absolute atomic E-state index is 0.0907. The van der Waals surface area contributed by atoms with Crippen molar-refractivity contribution in [3.8, 4) is 5.75 Å². The van der Waals surface area contributed by atoms with Crippen molar-refractivity contribution in [1.82, 2.24) is 0 Å². The molecule has 0 aliphatic heterocycles. The Labute approximate surface area is 124 Å². The van der Waals surface area contributed by atoms with Gasteiger partial charge < -0.3 is 5.11 Å². The summed E-state index contributed by atoms with van der Waals surface area (Å²) in [5.41, 5.74) is 0.874. The number of carbonyl (C=O) groups is 2. The van der Waals surface area contributed by atoms with E-state index in [1.807, 2.05) is 0 Å². The molecule has 0 radical (unpaired) electrons. The van der Waals surface area contributed by atoms with E-state index >= 15 is 0 Å². The number of non-ortho nitro benzene ring substituents is 1. The normalized spacial score (nSPS) is 13.5. The number of aromatic hydroxyl groups is 1. The third-order valence-electron chi connectivity index (χ3n) is 3.42. The van der Waals surface area contributed by atoms with Gasteiger partial charge in [0.05, 0.1) is 4.92 Å². The fourth-order valence-electron chi connectivity index (χ4n) is 2.33. The lowest BCUT2D eigenvalue weighted by molar-refractivity contribution is -0.384. The Morgan fingerprint density at radius 3 is 2.27 bits per heavy atom. The lowest BCUT2D eigenvalue weighted by Gasteiger charge is -2.15. The van der Waals surface area contributed by atoms with Crippen LogP contribution in [0.3, 0.4) is 0 Å². The van der Waals surface area contributed by atoms with Gasteiger partial charge in [-0.15, -0.1) is 0 Å². The molecule has 0 unspecified atom stereocenters. The monoisotopic (exact) mass is 295 g/mol. The molecular weight excluding hydrogens is 286 g/mol. The number of Topliss-reactive ketones (excluding diaryl/α,β-unsaturated/α-hetero) is 1. The smallest absolute Gasteiger partial charge is 0.269 e. The molecule has 1 aliphatic rings. The summed E-state index contributed by atoms with van der Waals surface area (Å²) in [4.78, 5) is 34.7. The van der Waals surface area contributed by atoms with Crippen LogP contribution in [0, 0.1) is 10.1 Å². The predicted molar refractivity (Wildman–Crippen MR) is 77.8 cm³/mol. The molecule has 0 fully saturated rings. The zero-order valence-corrected chi connectivity index (χ0v) is 11.1. The van der Waals surface area contributed by atoms with Gasteiger partial charge in [0.25, 0.3) is 5.69 Å². The number of hydrogen-bond donors (Lipinski definition) is 1. The Bertz CT molecular complexity index is 849. The highest BCUT2D eigenvalue weighted by Gasteiger charge is 2.26. The number of benzene rings is 2. The van der Waals surface area contributed by atoms with Crippen LogP contribution >= 0.6 is 0 Å². The molecule has 22 heavy (non-hydrogen) atoms. The van der Waals surface area contributed by atoms with Crippen LogP contribution in [0.5, 0.6) is 5.75 Å². The van der Waals surface area contributed by atoms with E-state index in [9.17, 15) is 24.8 Å². The van der Waals surface area contributed by atoms with Crippen molar-refractivity contribution in [3.63, 3.8) is 0 Å². The molecule has 0 amide bonds. The summed E-state index contributed by atoms with van der Waals surface area (Å²) in [7, 11) is 0. The van der Waals surface area contributed by atoms with E-state index in [1.165, 1.54) is 48.5 Å². The molecular formula is C16H9NO5. The average molecular weight is 295 g/mol. The maximum atomic E-state index is 12.5. The maximum absolute atomic E-state index is 12.5. The fraction of sp³-hybridized carbons (Fsp3) is 0. The van der Waals surface area contributed by atoms with Crippen molar-refractivity contribution in [2.24, 2.45) is 0 Å². The van der Waals surface area contributed by atoms with Gasteiger partial charge in [-0.2, -0.15) is 0 Å². The van der Waals surface area contributed by atoms with Gasteiger partial charge in [-0.3, -0.25) is 19.7 Å². The van der Waals surface area contributed by atoms with Crippen LogP contribution in [-0.4, -0.2) is 21.6 Å². The van der Waals surface area contributed by atoms with Crippen molar-refractivity contribution in [3.05, 3.63) is 75.3 Å². The number of nitro benzene ring substituents is 1. The summed E-state index contributed by atoms with van der Waals surface area (Å²) in [6, 6.07) is 9.40. The molecule has 3 rings (SSSR count). The van der Waals surface area contributed by atoms with Crippen molar-refractivity contribution in [2.45, 2.75) is 0 Å². The lowest BCUT2D eigenvalue weighted by Crippen LogP contribution is -2.16. The van der Waals surface area contributed by atoms with Gasteiger partial charge >= 0.3 is 0 Å². The number of allylic oxidation sites excluding steroid dienone is 2. The minimum atomic E-state index is -0.538. The molecule has 6 heteroatoms. The zero-order chi connectivity index (χ0) is 15.9. The van der Waals surface area contributed by atoms with Crippen molar-refractivity contribution in [1.29, 1.82) is 0 Å². The molecule has 2 aromatic carbocycles.